The molecule has 1 rings (SSSR count). The Kier molecular flexibility index (Phi) is 7.31. The first-order chi connectivity index (χ1) is 10.1. The molecular weight excluding hydrogens is 280 g/mol. The van der Waals surface area contributed by atoms with Gasteiger partial charge in [0.25, 0.3) is 0 Å². The van der Waals surface area contributed by atoms with Crippen molar-refractivity contribution in [1.29, 1.82) is 0 Å². The summed E-state index contributed by atoms with van der Waals surface area (Å²) in [5.74, 6) is 0.762. The maximum absolute atomic E-state index is 5.74. The summed E-state index contributed by atoms with van der Waals surface area (Å²) >= 11 is 0. The molecule has 0 amide bonds. The van der Waals surface area contributed by atoms with Gasteiger partial charge < -0.3 is 0 Å². The molecule has 0 bridgehead atoms. The maximum Gasteiger partial charge on any atom is 0.122 e. The molecule has 0 aliphatic heterocycles. The van der Waals surface area contributed by atoms with E-state index in [1.807, 2.05) is 0 Å². The SMILES string of the molecule is CC(C)C(C)(C)OOC1CCCCC1OOC(C)(C)C(C)C. The van der Waals surface area contributed by atoms with Gasteiger partial charge in [-0.2, -0.15) is 0 Å². The van der Waals surface area contributed by atoms with E-state index in [9.17, 15) is 0 Å². The molecule has 1 fully saturated rings. The van der Waals surface area contributed by atoms with Crippen molar-refractivity contribution in [2.45, 2.75) is 104 Å². The number of hydrogen-bond acceptors (Lipinski definition) is 4. The summed E-state index contributed by atoms with van der Waals surface area (Å²) < 4.78 is 0. The fourth-order valence-corrected chi connectivity index (χ4v) is 1.85. The fourth-order valence-electron chi connectivity index (χ4n) is 1.85. The van der Waals surface area contributed by atoms with Crippen LogP contribution in [0.2, 0.25) is 0 Å². The molecule has 2 unspecified atom stereocenters. The van der Waals surface area contributed by atoms with E-state index in [4.69, 9.17) is 19.6 Å². The minimum atomic E-state index is -0.305. The lowest BCUT2D eigenvalue weighted by molar-refractivity contribution is -0.443. The lowest BCUT2D eigenvalue weighted by Gasteiger charge is -2.36. The Morgan fingerprint density at radius 1 is 0.682 bits per heavy atom. The highest BCUT2D eigenvalue weighted by molar-refractivity contribution is 4.77. The van der Waals surface area contributed by atoms with Crippen LogP contribution in [0.15, 0.2) is 0 Å². The predicted molar refractivity (Wildman–Crippen MR) is 88.2 cm³/mol. The van der Waals surface area contributed by atoms with Crippen LogP contribution in [0.25, 0.3) is 0 Å². The van der Waals surface area contributed by atoms with Crippen LogP contribution >= 0.6 is 0 Å². The van der Waals surface area contributed by atoms with E-state index in [2.05, 4.69) is 55.4 Å². The lowest BCUT2D eigenvalue weighted by atomic mass is 9.94. The van der Waals surface area contributed by atoms with Gasteiger partial charge in [0.15, 0.2) is 0 Å². The summed E-state index contributed by atoms with van der Waals surface area (Å²) in [7, 11) is 0. The topological polar surface area (TPSA) is 36.9 Å². The number of rotatable bonds is 8. The Morgan fingerprint density at radius 2 is 1.00 bits per heavy atom. The van der Waals surface area contributed by atoms with Gasteiger partial charge in [0.2, 0.25) is 0 Å². The molecule has 0 heterocycles. The molecule has 1 aliphatic carbocycles. The van der Waals surface area contributed by atoms with Crippen LogP contribution < -0.4 is 0 Å². The smallest absolute Gasteiger partial charge is 0.122 e. The molecule has 1 aliphatic rings. The van der Waals surface area contributed by atoms with Crippen LogP contribution in [-0.4, -0.2) is 23.4 Å². The van der Waals surface area contributed by atoms with Crippen molar-refractivity contribution < 1.29 is 19.6 Å². The van der Waals surface area contributed by atoms with E-state index in [0.717, 1.165) is 25.7 Å². The zero-order valence-electron chi connectivity index (χ0n) is 15.8. The highest BCUT2D eigenvalue weighted by Gasteiger charge is 2.34. The zero-order valence-corrected chi connectivity index (χ0v) is 15.8. The van der Waals surface area contributed by atoms with Crippen LogP contribution in [0.4, 0.5) is 0 Å². The highest BCUT2D eigenvalue weighted by Crippen LogP contribution is 2.30. The van der Waals surface area contributed by atoms with E-state index in [0.29, 0.717) is 11.8 Å². The Bertz CT molecular complexity index is 291. The second-order valence-electron chi connectivity index (χ2n) is 8.24. The first-order valence-electron chi connectivity index (χ1n) is 8.75. The largest absolute Gasteiger partial charge is 0.230 e. The van der Waals surface area contributed by atoms with E-state index in [1.165, 1.54) is 0 Å². The first kappa shape index (κ1) is 19.9. The van der Waals surface area contributed by atoms with Crippen LogP contribution in [0.5, 0.6) is 0 Å². The molecule has 4 heteroatoms. The normalized spacial score (nSPS) is 24.3. The van der Waals surface area contributed by atoms with Crippen LogP contribution in [0, 0.1) is 11.8 Å². The molecule has 2 atom stereocenters. The molecule has 4 nitrogen and oxygen atoms in total. The first-order valence-corrected chi connectivity index (χ1v) is 8.75. The Hall–Kier alpha value is -0.160. The highest BCUT2D eigenvalue weighted by atomic mass is 17.2. The molecule has 0 aromatic rings. The van der Waals surface area contributed by atoms with Gasteiger partial charge in [-0.1, -0.05) is 40.5 Å². The van der Waals surface area contributed by atoms with Crippen molar-refractivity contribution in [3.8, 4) is 0 Å². The Labute approximate surface area is 136 Å². The molecule has 0 saturated heterocycles. The predicted octanol–water partition coefficient (Wildman–Crippen LogP) is 5.06. The van der Waals surface area contributed by atoms with Crippen LogP contribution in [-0.2, 0) is 19.6 Å². The summed E-state index contributed by atoms with van der Waals surface area (Å²) in [6.45, 7) is 16.7. The Morgan fingerprint density at radius 3 is 1.27 bits per heavy atom. The molecule has 0 radical (unpaired) electrons. The lowest BCUT2D eigenvalue weighted by Crippen LogP contribution is -2.41. The second kappa shape index (κ2) is 8.09. The summed E-state index contributed by atoms with van der Waals surface area (Å²) in [5.41, 5.74) is -0.611. The number of hydrogen-bond donors (Lipinski definition) is 0. The van der Waals surface area contributed by atoms with E-state index >= 15 is 0 Å². The molecule has 0 aromatic heterocycles. The monoisotopic (exact) mass is 316 g/mol. The van der Waals surface area contributed by atoms with E-state index in [1.54, 1.807) is 0 Å². The molecule has 22 heavy (non-hydrogen) atoms. The van der Waals surface area contributed by atoms with Crippen molar-refractivity contribution in [3.05, 3.63) is 0 Å². The molecule has 0 aromatic carbocycles. The molecule has 0 N–H and O–H groups in total. The minimum Gasteiger partial charge on any atom is -0.230 e. The third kappa shape index (κ3) is 5.80. The van der Waals surface area contributed by atoms with Crippen molar-refractivity contribution in [2.75, 3.05) is 0 Å². The zero-order chi connectivity index (χ0) is 17.0. The van der Waals surface area contributed by atoms with Crippen molar-refractivity contribution in [1.82, 2.24) is 0 Å². The average molecular weight is 316 g/mol. The molecule has 0 spiro atoms. The average Bonchev–Trinajstić information content (AvgIpc) is 2.43. The van der Waals surface area contributed by atoms with Gasteiger partial charge in [-0.15, -0.1) is 0 Å². The van der Waals surface area contributed by atoms with Crippen molar-refractivity contribution in [3.63, 3.8) is 0 Å². The van der Waals surface area contributed by atoms with Gasteiger partial charge in [0.1, 0.15) is 23.4 Å². The van der Waals surface area contributed by atoms with Gasteiger partial charge in [-0.3, -0.25) is 0 Å². The standard InChI is InChI=1S/C18H36O4/c1-13(2)17(5,6)21-19-15-11-9-10-12-16(15)20-22-18(7,8)14(3)4/h13-16H,9-12H2,1-8H3. The third-order valence-electron chi connectivity index (χ3n) is 5.20. The summed E-state index contributed by atoms with van der Waals surface area (Å²) in [4.78, 5) is 22.9. The van der Waals surface area contributed by atoms with Gasteiger partial charge in [0, 0.05) is 0 Å². The van der Waals surface area contributed by atoms with Gasteiger partial charge in [-0.05, 0) is 52.4 Å². The second-order valence-corrected chi connectivity index (χ2v) is 8.24. The van der Waals surface area contributed by atoms with Crippen molar-refractivity contribution in [2.24, 2.45) is 11.8 Å². The van der Waals surface area contributed by atoms with E-state index in [-0.39, 0.29) is 23.4 Å². The Balaban J connectivity index is 2.53. The van der Waals surface area contributed by atoms with Gasteiger partial charge in [-0.25, -0.2) is 19.6 Å². The van der Waals surface area contributed by atoms with E-state index < -0.39 is 0 Å². The third-order valence-corrected chi connectivity index (χ3v) is 5.20. The van der Waals surface area contributed by atoms with Crippen molar-refractivity contribution >= 4 is 0 Å². The molecule has 132 valence electrons. The molecular formula is C18H36O4. The van der Waals surface area contributed by atoms with Crippen LogP contribution in [0.1, 0.15) is 81.1 Å². The summed E-state index contributed by atoms with van der Waals surface area (Å²) in [5, 5.41) is 0. The summed E-state index contributed by atoms with van der Waals surface area (Å²) in [6.07, 6.45) is 4.06. The van der Waals surface area contributed by atoms with Gasteiger partial charge in [0.05, 0.1) is 0 Å². The maximum atomic E-state index is 5.74. The quantitative estimate of drug-likeness (QED) is 0.463. The van der Waals surface area contributed by atoms with Gasteiger partial charge >= 0.3 is 0 Å². The fraction of sp³-hybridized carbons (Fsp3) is 1.00. The summed E-state index contributed by atoms with van der Waals surface area (Å²) in [6, 6.07) is 0. The molecule has 1 saturated carbocycles. The van der Waals surface area contributed by atoms with Crippen LogP contribution in [0.3, 0.4) is 0 Å². The minimum absolute atomic E-state index is 0.0604.